The van der Waals surface area contributed by atoms with Gasteiger partial charge < -0.3 is 16.0 Å². The second-order valence-electron chi connectivity index (χ2n) is 11.8. The lowest BCUT2D eigenvalue weighted by molar-refractivity contribution is -0.125. The van der Waals surface area contributed by atoms with E-state index in [0.717, 1.165) is 51.1 Å². The highest BCUT2D eigenvalue weighted by Crippen LogP contribution is 2.32. The van der Waals surface area contributed by atoms with Crippen LogP contribution in [0.3, 0.4) is 0 Å². The summed E-state index contributed by atoms with van der Waals surface area (Å²) in [5.41, 5.74) is 0.277. The second kappa shape index (κ2) is 16.5. The number of allylic oxidation sites excluding steroid dienone is 4. The van der Waals surface area contributed by atoms with Crippen molar-refractivity contribution in [3.63, 3.8) is 0 Å². The van der Waals surface area contributed by atoms with Gasteiger partial charge in [-0.1, -0.05) is 18.7 Å². The van der Waals surface area contributed by atoms with Crippen LogP contribution in [0, 0.1) is 11.6 Å². The maximum Gasteiger partial charge on any atom is 0.282 e. The average molecular weight is 693 g/mol. The summed E-state index contributed by atoms with van der Waals surface area (Å²) in [4.78, 5) is 30.1. The average Bonchev–Trinajstić information content (AvgIpc) is 3.57. The van der Waals surface area contributed by atoms with E-state index in [4.69, 9.17) is 0 Å². The topological polar surface area (TPSA) is 124 Å². The van der Waals surface area contributed by atoms with Crippen LogP contribution >= 0.6 is 0 Å². The van der Waals surface area contributed by atoms with Gasteiger partial charge in [0.1, 0.15) is 23.5 Å². The monoisotopic (exact) mass is 692 g/mol. The van der Waals surface area contributed by atoms with Gasteiger partial charge >= 0.3 is 0 Å². The van der Waals surface area contributed by atoms with Gasteiger partial charge in [-0.25, -0.2) is 17.6 Å². The Morgan fingerprint density at radius 2 is 1.77 bits per heavy atom. The Balaban J connectivity index is 1.63. The number of hydrogen-bond donors (Lipinski definition) is 3. The van der Waals surface area contributed by atoms with Crippen LogP contribution in [0.2, 0.25) is 0 Å². The van der Waals surface area contributed by atoms with E-state index < -0.39 is 63.3 Å². The molecule has 3 atom stereocenters. The van der Waals surface area contributed by atoms with Crippen LogP contribution in [0.5, 0.6) is 0 Å². The molecule has 2 fully saturated rings. The zero-order valence-electron chi connectivity index (χ0n) is 26.8. The number of nitrogens with one attached hydrogen (secondary N) is 3. The van der Waals surface area contributed by atoms with Gasteiger partial charge in [0.15, 0.2) is 0 Å². The molecule has 2 aliphatic heterocycles. The first-order valence-corrected chi connectivity index (χ1v) is 17.0. The SMILES string of the molecule is C=C(/C=C(F)\C=C(/C)F)[C@H](c1ccc(F)cc1)[C@H](NC(C)=O)C(=O)Nc1cncc(F)c1CC[C@H]1CNCCN1S(=O)(=O)N1CCCC1. The van der Waals surface area contributed by atoms with Gasteiger partial charge in [-0.15, -0.1) is 0 Å². The summed E-state index contributed by atoms with van der Waals surface area (Å²) in [5, 5.41) is 8.34. The smallest absolute Gasteiger partial charge is 0.282 e. The molecule has 260 valence electrons. The number of nitrogens with zero attached hydrogens (tertiary/aromatic N) is 3. The summed E-state index contributed by atoms with van der Waals surface area (Å²) in [6.45, 7) is 8.04. The molecule has 0 bridgehead atoms. The highest BCUT2D eigenvalue weighted by molar-refractivity contribution is 7.86. The molecule has 2 aliphatic rings. The molecule has 10 nitrogen and oxygen atoms in total. The molecule has 1 aromatic carbocycles. The Kier molecular flexibility index (Phi) is 12.7. The highest BCUT2D eigenvalue weighted by atomic mass is 32.2. The molecule has 2 aromatic rings. The largest absolute Gasteiger partial charge is 0.344 e. The maximum absolute atomic E-state index is 15.3. The van der Waals surface area contributed by atoms with Crippen LogP contribution < -0.4 is 16.0 Å². The number of piperazine rings is 1. The van der Waals surface area contributed by atoms with E-state index in [9.17, 15) is 31.2 Å². The van der Waals surface area contributed by atoms with E-state index >= 15 is 4.39 Å². The molecule has 0 spiro atoms. The number of amides is 2. The lowest BCUT2D eigenvalue weighted by Gasteiger charge is -2.37. The van der Waals surface area contributed by atoms with Gasteiger partial charge in [0.25, 0.3) is 10.2 Å². The van der Waals surface area contributed by atoms with Gasteiger partial charge in [-0.3, -0.25) is 14.6 Å². The summed E-state index contributed by atoms with van der Waals surface area (Å²) < 4.78 is 86.8. The van der Waals surface area contributed by atoms with Gasteiger partial charge in [0.05, 0.1) is 23.9 Å². The molecule has 0 radical (unpaired) electrons. The van der Waals surface area contributed by atoms with E-state index in [1.54, 1.807) is 0 Å². The van der Waals surface area contributed by atoms with Gasteiger partial charge in [-0.05, 0) is 62.0 Å². The van der Waals surface area contributed by atoms with Crippen LogP contribution in [-0.2, 0) is 26.2 Å². The summed E-state index contributed by atoms with van der Waals surface area (Å²) in [6, 6.07) is 2.95. The molecule has 0 saturated carbocycles. The molecule has 0 unspecified atom stereocenters. The molecular weight excluding hydrogens is 652 g/mol. The third-order valence-electron chi connectivity index (χ3n) is 8.24. The number of aromatic nitrogens is 1. The number of carbonyl (C=O) groups is 2. The van der Waals surface area contributed by atoms with E-state index in [1.807, 2.05) is 0 Å². The number of rotatable bonds is 13. The molecule has 2 saturated heterocycles. The normalized spacial score (nSPS) is 19.5. The minimum Gasteiger partial charge on any atom is -0.344 e. The number of carbonyl (C=O) groups excluding carboxylic acids is 2. The molecule has 2 amide bonds. The minimum absolute atomic E-state index is 0.0192. The first-order chi connectivity index (χ1) is 22.8. The number of hydrogen-bond acceptors (Lipinski definition) is 6. The number of halogens is 4. The number of benzene rings is 1. The Morgan fingerprint density at radius 1 is 1.08 bits per heavy atom. The quantitative estimate of drug-likeness (QED) is 0.211. The van der Waals surface area contributed by atoms with Gasteiger partial charge in [-0.2, -0.15) is 17.0 Å². The highest BCUT2D eigenvalue weighted by Gasteiger charge is 2.38. The van der Waals surface area contributed by atoms with Crippen molar-refractivity contribution in [2.45, 2.75) is 57.5 Å². The van der Waals surface area contributed by atoms with E-state index in [1.165, 1.54) is 26.9 Å². The van der Waals surface area contributed by atoms with E-state index in [0.29, 0.717) is 32.3 Å². The summed E-state index contributed by atoms with van der Waals surface area (Å²) in [7, 11) is -3.72. The predicted octanol–water partition coefficient (Wildman–Crippen LogP) is 4.42. The Bertz CT molecular complexity index is 1660. The zero-order valence-corrected chi connectivity index (χ0v) is 27.6. The minimum atomic E-state index is -3.72. The molecule has 0 aliphatic carbocycles. The van der Waals surface area contributed by atoms with Crippen molar-refractivity contribution >= 4 is 27.7 Å². The summed E-state index contributed by atoms with van der Waals surface area (Å²) in [6.07, 6.45) is 5.55. The molecule has 48 heavy (non-hydrogen) atoms. The predicted molar refractivity (Wildman–Crippen MR) is 174 cm³/mol. The lowest BCUT2D eigenvalue weighted by Crippen LogP contribution is -2.57. The van der Waals surface area contributed by atoms with Crippen molar-refractivity contribution in [1.82, 2.24) is 24.2 Å². The zero-order chi connectivity index (χ0) is 35.0. The second-order valence-corrected chi connectivity index (χ2v) is 13.7. The molecule has 4 rings (SSSR count). The molecule has 15 heteroatoms. The molecular formula is C33H40F4N6O4S. The van der Waals surface area contributed by atoms with Crippen molar-refractivity contribution < 1.29 is 35.6 Å². The van der Waals surface area contributed by atoms with Crippen LogP contribution in [0.25, 0.3) is 0 Å². The fourth-order valence-electron chi connectivity index (χ4n) is 6.01. The molecule has 3 heterocycles. The first kappa shape index (κ1) is 36.9. The standard InChI is InChI=1S/C33H40F4N6O4S/c1-21(16-26(36)17-22(2)34)31(24-6-8-25(35)9-7-24)32(40-23(3)44)33(45)41-30-20-39-19-29(37)28(30)11-10-27-18-38-12-15-43(27)48(46,47)42-13-4-5-14-42/h6-9,16-17,19-20,27,31-32,38H,1,4-5,10-15,18H2,2-3H3,(H,40,44)(H,41,45)/b22-17+,26-16+/t27-,31+,32-/m0/s1. The summed E-state index contributed by atoms with van der Waals surface area (Å²) in [5.74, 6) is -5.81. The van der Waals surface area contributed by atoms with E-state index in [-0.39, 0.29) is 41.8 Å². The third-order valence-corrected chi connectivity index (χ3v) is 10.3. The number of pyridine rings is 1. The van der Waals surface area contributed by atoms with Crippen LogP contribution in [0.15, 0.2) is 72.6 Å². The van der Waals surface area contributed by atoms with Gasteiger partial charge in [0, 0.05) is 63.2 Å². The van der Waals surface area contributed by atoms with Crippen molar-refractivity contribution in [1.29, 1.82) is 0 Å². The number of anilines is 1. The Hall–Kier alpha value is -3.92. The van der Waals surface area contributed by atoms with Crippen molar-refractivity contribution in [3.8, 4) is 0 Å². The maximum atomic E-state index is 15.3. The van der Waals surface area contributed by atoms with Crippen LogP contribution in [-0.4, -0.2) is 78.6 Å². The Labute approximate surface area is 278 Å². The fourth-order valence-corrected chi connectivity index (χ4v) is 7.91. The van der Waals surface area contributed by atoms with Crippen LogP contribution in [0.1, 0.15) is 50.2 Å². The van der Waals surface area contributed by atoms with Crippen molar-refractivity contribution in [2.24, 2.45) is 0 Å². The third kappa shape index (κ3) is 9.36. The van der Waals surface area contributed by atoms with Crippen molar-refractivity contribution in [3.05, 3.63) is 95.4 Å². The lowest BCUT2D eigenvalue weighted by atomic mass is 9.84. The fraction of sp³-hybridized carbons (Fsp3) is 0.424. The van der Waals surface area contributed by atoms with E-state index in [2.05, 4.69) is 27.5 Å². The van der Waals surface area contributed by atoms with Crippen molar-refractivity contribution in [2.75, 3.05) is 38.0 Å². The van der Waals surface area contributed by atoms with Crippen LogP contribution in [0.4, 0.5) is 23.2 Å². The van der Waals surface area contributed by atoms with Gasteiger partial charge in [0.2, 0.25) is 11.8 Å². The Morgan fingerprint density at radius 3 is 2.42 bits per heavy atom. The molecule has 1 aromatic heterocycles. The first-order valence-electron chi connectivity index (χ1n) is 15.6. The molecule has 3 N–H and O–H groups in total. The summed E-state index contributed by atoms with van der Waals surface area (Å²) >= 11 is 0.